The monoisotopic (exact) mass is 395 g/mol. The first-order valence-corrected chi connectivity index (χ1v) is 9.72. The van der Waals surface area contributed by atoms with E-state index in [0.717, 1.165) is 25.7 Å². The fraction of sp³-hybridized carbons (Fsp3) is 0.318. The second-order valence-electron chi connectivity index (χ2n) is 7.24. The number of rotatable bonds is 5. The summed E-state index contributed by atoms with van der Waals surface area (Å²) in [5.41, 5.74) is 4.29. The summed E-state index contributed by atoms with van der Waals surface area (Å²) in [5, 5.41) is 26.1. The molecule has 1 aliphatic carbocycles. The number of nitrogens with one attached hydrogen (secondary N) is 2. The van der Waals surface area contributed by atoms with Crippen molar-refractivity contribution in [2.75, 3.05) is 5.32 Å². The third-order valence-electron chi connectivity index (χ3n) is 5.09. The van der Waals surface area contributed by atoms with Crippen molar-refractivity contribution in [3.63, 3.8) is 0 Å². The summed E-state index contributed by atoms with van der Waals surface area (Å²) in [6, 6.07) is 10.8. The minimum Gasteiger partial charge on any atom is -0.508 e. The predicted octanol–water partition coefficient (Wildman–Crippen LogP) is 3.77. The summed E-state index contributed by atoms with van der Waals surface area (Å²) < 4.78 is 0. The second kappa shape index (κ2) is 9.23. The van der Waals surface area contributed by atoms with Crippen molar-refractivity contribution in [2.24, 2.45) is 11.0 Å². The third kappa shape index (κ3) is 5.34. The molecular weight excluding hydrogens is 370 g/mol. The molecule has 0 spiro atoms. The van der Waals surface area contributed by atoms with Gasteiger partial charge in [0.05, 0.1) is 5.71 Å². The summed E-state index contributed by atoms with van der Waals surface area (Å²) in [7, 11) is 0. The van der Waals surface area contributed by atoms with Crippen molar-refractivity contribution < 1.29 is 19.8 Å². The van der Waals surface area contributed by atoms with Crippen molar-refractivity contribution in [2.45, 2.75) is 39.0 Å². The van der Waals surface area contributed by atoms with Gasteiger partial charge in [-0.2, -0.15) is 5.10 Å². The first-order valence-electron chi connectivity index (χ1n) is 9.72. The summed E-state index contributed by atoms with van der Waals surface area (Å²) in [6.45, 7) is 1.64. The quantitative estimate of drug-likeness (QED) is 0.456. The Bertz CT molecular complexity index is 916. The van der Waals surface area contributed by atoms with Gasteiger partial charge in [0.15, 0.2) is 0 Å². The summed E-state index contributed by atoms with van der Waals surface area (Å²) in [6.07, 6.45) is 5.25. The van der Waals surface area contributed by atoms with Gasteiger partial charge in [0, 0.05) is 28.8 Å². The Morgan fingerprint density at radius 2 is 1.69 bits per heavy atom. The van der Waals surface area contributed by atoms with E-state index in [1.807, 2.05) is 0 Å². The highest BCUT2D eigenvalue weighted by Gasteiger charge is 2.21. The maximum absolute atomic E-state index is 12.3. The van der Waals surface area contributed by atoms with Gasteiger partial charge in [0.1, 0.15) is 11.5 Å². The number of aromatic hydroxyl groups is 2. The Morgan fingerprint density at radius 1 is 1.00 bits per heavy atom. The van der Waals surface area contributed by atoms with E-state index in [-0.39, 0.29) is 23.3 Å². The lowest BCUT2D eigenvalue weighted by Crippen LogP contribution is -2.24. The lowest BCUT2D eigenvalue weighted by atomic mass is 9.88. The van der Waals surface area contributed by atoms with E-state index in [2.05, 4.69) is 15.8 Å². The van der Waals surface area contributed by atoms with Crippen LogP contribution in [0.1, 0.15) is 54.9 Å². The number of hydrogen-bond donors (Lipinski definition) is 4. The van der Waals surface area contributed by atoms with Crippen LogP contribution in [0.15, 0.2) is 47.6 Å². The SMILES string of the molecule is CC(=NNC(=O)c1ccc(NC(=O)C2CCCCC2)cc1)c1ccc(O)cc1O. The van der Waals surface area contributed by atoms with E-state index >= 15 is 0 Å². The van der Waals surface area contributed by atoms with Gasteiger partial charge in [-0.05, 0) is 56.2 Å². The summed E-state index contributed by atoms with van der Waals surface area (Å²) >= 11 is 0. The fourth-order valence-corrected chi connectivity index (χ4v) is 3.40. The molecule has 2 amide bonds. The molecule has 0 radical (unpaired) electrons. The van der Waals surface area contributed by atoms with Crippen molar-refractivity contribution in [1.82, 2.24) is 5.43 Å². The number of benzene rings is 2. The largest absolute Gasteiger partial charge is 0.508 e. The molecule has 0 saturated heterocycles. The number of carbonyl (C=O) groups excluding carboxylic acids is 2. The number of amides is 2. The van der Waals surface area contributed by atoms with E-state index in [9.17, 15) is 19.8 Å². The minimum absolute atomic E-state index is 0.0378. The molecule has 0 aromatic heterocycles. The molecule has 2 aromatic carbocycles. The molecule has 29 heavy (non-hydrogen) atoms. The molecule has 1 aliphatic rings. The minimum atomic E-state index is -0.409. The Kier molecular flexibility index (Phi) is 6.49. The standard InChI is InChI=1S/C22H25N3O4/c1-14(19-12-11-18(26)13-20(19)27)24-25-22(29)16-7-9-17(10-8-16)23-21(28)15-5-3-2-4-6-15/h7-13,15,26-27H,2-6H2,1H3,(H,23,28)(H,25,29). The zero-order valence-electron chi connectivity index (χ0n) is 16.3. The number of hydrazone groups is 1. The van der Waals surface area contributed by atoms with Crippen LogP contribution in [0.2, 0.25) is 0 Å². The highest BCUT2D eigenvalue weighted by molar-refractivity contribution is 6.03. The van der Waals surface area contributed by atoms with Gasteiger partial charge in [-0.15, -0.1) is 0 Å². The molecule has 0 bridgehead atoms. The molecule has 3 rings (SSSR count). The van der Waals surface area contributed by atoms with Crippen LogP contribution in [0.25, 0.3) is 0 Å². The average Bonchev–Trinajstić information content (AvgIpc) is 2.73. The van der Waals surface area contributed by atoms with Gasteiger partial charge in [0.25, 0.3) is 5.91 Å². The molecule has 0 unspecified atom stereocenters. The molecule has 7 heteroatoms. The molecule has 152 valence electrons. The maximum Gasteiger partial charge on any atom is 0.271 e. The molecule has 0 aliphatic heterocycles. The summed E-state index contributed by atoms with van der Waals surface area (Å²) in [5.74, 6) is -0.485. The molecular formula is C22H25N3O4. The van der Waals surface area contributed by atoms with Gasteiger partial charge in [-0.3, -0.25) is 9.59 Å². The van der Waals surface area contributed by atoms with Crippen molar-refractivity contribution in [1.29, 1.82) is 0 Å². The van der Waals surface area contributed by atoms with E-state index in [1.165, 1.54) is 24.6 Å². The third-order valence-corrected chi connectivity index (χ3v) is 5.09. The second-order valence-corrected chi connectivity index (χ2v) is 7.24. The Labute approximate surface area is 169 Å². The zero-order chi connectivity index (χ0) is 20.8. The normalized spacial score (nSPS) is 15.0. The van der Waals surface area contributed by atoms with Crippen LogP contribution >= 0.6 is 0 Å². The lowest BCUT2D eigenvalue weighted by Gasteiger charge is -2.20. The van der Waals surface area contributed by atoms with E-state index < -0.39 is 5.91 Å². The number of phenolic OH excluding ortho intramolecular Hbond substituents is 2. The van der Waals surface area contributed by atoms with Gasteiger partial charge in [-0.25, -0.2) is 5.43 Å². The Morgan fingerprint density at radius 3 is 2.34 bits per heavy atom. The van der Waals surface area contributed by atoms with Crippen LogP contribution in [-0.2, 0) is 4.79 Å². The van der Waals surface area contributed by atoms with Gasteiger partial charge < -0.3 is 15.5 Å². The first kappa shape index (κ1) is 20.4. The van der Waals surface area contributed by atoms with E-state index in [1.54, 1.807) is 31.2 Å². The van der Waals surface area contributed by atoms with Crippen LogP contribution < -0.4 is 10.7 Å². The van der Waals surface area contributed by atoms with Gasteiger partial charge in [0.2, 0.25) is 5.91 Å². The molecule has 1 saturated carbocycles. The van der Waals surface area contributed by atoms with Crippen LogP contribution in [0, 0.1) is 5.92 Å². The van der Waals surface area contributed by atoms with E-state index in [0.29, 0.717) is 22.5 Å². The van der Waals surface area contributed by atoms with E-state index in [4.69, 9.17) is 0 Å². The lowest BCUT2D eigenvalue weighted by molar-refractivity contribution is -0.120. The number of phenols is 2. The smallest absolute Gasteiger partial charge is 0.271 e. The molecule has 2 aromatic rings. The van der Waals surface area contributed by atoms with Crippen LogP contribution in [0.5, 0.6) is 11.5 Å². The number of carbonyl (C=O) groups is 2. The first-order chi connectivity index (χ1) is 13.9. The van der Waals surface area contributed by atoms with Crippen LogP contribution in [0.3, 0.4) is 0 Å². The average molecular weight is 395 g/mol. The number of nitrogens with zero attached hydrogens (tertiary/aromatic N) is 1. The number of hydrogen-bond acceptors (Lipinski definition) is 5. The fourth-order valence-electron chi connectivity index (χ4n) is 3.40. The van der Waals surface area contributed by atoms with Crippen molar-refractivity contribution in [3.8, 4) is 11.5 Å². The maximum atomic E-state index is 12.3. The molecule has 0 heterocycles. The number of anilines is 1. The highest BCUT2D eigenvalue weighted by atomic mass is 16.3. The highest BCUT2D eigenvalue weighted by Crippen LogP contribution is 2.25. The van der Waals surface area contributed by atoms with Crippen molar-refractivity contribution in [3.05, 3.63) is 53.6 Å². The molecule has 1 fully saturated rings. The Balaban J connectivity index is 1.59. The van der Waals surface area contributed by atoms with Crippen molar-refractivity contribution >= 4 is 23.2 Å². The summed E-state index contributed by atoms with van der Waals surface area (Å²) in [4.78, 5) is 24.6. The molecule has 0 atom stereocenters. The molecule has 7 nitrogen and oxygen atoms in total. The van der Waals surface area contributed by atoms with Crippen LogP contribution in [-0.4, -0.2) is 27.7 Å². The van der Waals surface area contributed by atoms with Crippen LogP contribution in [0.4, 0.5) is 5.69 Å². The van der Waals surface area contributed by atoms with Gasteiger partial charge in [-0.1, -0.05) is 19.3 Å². The Hall–Kier alpha value is -3.35. The molecule has 4 N–H and O–H groups in total. The predicted molar refractivity (Wildman–Crippen MR) is 111 cm³/mol. The zero-order valence-corrected chi connectivity index (χ0v) is 16.3. The van der Waals surface area contributed by atoms with Gasteiger partial charge >= 0.3 is 0 Å². The topological polar surface area (TPSA) is 111 Å².